The number of amides is 1. The molecule has 1 heterocycles. The van der Waals surface area contributed by atoms with Gasteiger partial charge in [0.15, 0.2) is 6.10 Å². The van der Waals surface area contributed by atoms with Gasteiger partial charge in [-0.3, -0.25) is 4.79 Å². The molecule has 0 aliphatic heterocycles. The Morgan fingerprint density at radius 1 is 1.00 bits per heavy atom. The van der Waals surface area contributed by atoms with E-state index in [0.717, 1.165) is 11.1 Å². The molecular formula is C24H28N4O4S. The molecular weight excluding hydrogens is 440 g/mol. The third-order valence-corrected chi connectivity index (χ3v) is 6.47. The summed E-state index contributed by atoms with van der Waals surface area (Å²) in [7, 11) is -3.88. The van der Waals surface area contributed by atoms with Gasteiger partial charge in [-0.15, -0.1) is 0 Å². The molecule has 1 amide bonds. The first-order chi connectivity index (χ1) is 15.6. The summed E-state index contributed by atoms with van der Waals surface area (Å²) in [6.07, 6.45) is -0.205. The minimum absolute atomic E-state index is 0.0132. The molecule has 1 atom stereocenters. The smallest absolute Gasteiger partial charge is 0.265 e. The molecule has 0 aliphatic rings. The lowest BCUT2D eigenvalue weighted by atomic mass is 10.1. The van der Waals surface area contributed by atoms with E-state index in [2.05, 4.69) is 20.0 Å². The lowest BCUT2D eigenvalue weighted by Crippen LogP contribution is -2.32. The second-order valence-electron chi connectivity index (χ2n) is 7.81. The first-order valence-corrected chi connectivity index (χ1v) is 12.1. The molecule has 0 spiro atoms. The molecule has 1 aromatic heterocycles. The predicted octanol–water partition coefficient (Wildman–Crippen LogP) is 4.31. The largest absolute Gasteiger partial charge is 0.480 e. The molecule has 0 radical (unpaired) electrons. The van der Waals surface area contributed by atoms with Gasteiger partial charge in [-0.2, -0.15) is 0 Å². The highest BCUT2D eigenvalue weighted by atomic mass is 32.2. The first-order valence-electron chi connectivity index (χ1n) is 10.6. The highest BCUT2D eigenvalue weighted by Crippen LogP contribution is 2.23. The van der Waals surface area contributed by atoms with E-state index in [9.17, 15) is 13.2 Å². The summed E-state index contributed by atoms with van der Waals surface area (Å²) in [5.41, 5.74) is 3.85. The maximum absolute atomic E-state index is 12.7. The second kappa shape index (κ2) is 9.99. The Morgan fingerprint density at radius 3 is 2.24 bits per heavy atom. The molecule has 9 heteroatoms. The number of hydrogen-bond donors (Lipinski definition) is 2. The van der Waals surface area contributed by atoms with Crippen molar-refractivity contribution in [1.29, 1.82) is 0 Å². The lowest BCUT2D eigenvalue weighted by molar-refractivity contribution is -0.122. The van der Waals surface area contributed by atoms with Crippen LogP contribution in [0.5, 0.6) is 5.75 Å². The summed E-state index contributed by atoms with van der Waals surface area (Å²) in [6, 6.07) is 13.3. The summed E-state index contributed by atoms with van der Waals surface area (Å²) in [4.78, 5) is 21.0. The Balaban J connectivity index is 1.69. The molecule has 174 valence electrons. The number of carbonyl (C=O) groups is 1. The van der Waals surface area contributed by atoms with Crippen LogP contribution >= 0.6 is 0 Å². The summed E-state index contributed by atoms with van der Waals surface area (Å²) in [5.74, 6) is 0.369. The Kier molecular flexibility index (Phi) is 7.33. The van der Waals surface area contributed by atoms with E-state index < -0.39 is 16.1 Å². The van der Waals surface area contributed by atoms with Crippen molar-refractivity contribution in [2.24, 2.45) is 0 Å². The number of rotatable bonds is 8. The molecule has 0 aliphatic carbocycles. The van der Waals surface area contributed by atoms with E-state index in [0.29, 0.717) is 29.2 Å². The third-order valence-electron chi connectivity index (χ3n) is 5.13. The van der Waals surface area contributed by atoms with Crippen molar-refractivity contribution < 1.29 is 17.9 Å². The maximum atomic E-state index is 12.7. The molecule has 0 saturated carbocycles. The maximum Gasteiger partial charge on any atom is 0.265 e. The summed E-state index contributed by atoms with van der Waals surface area (Å²) < 4.78 is 33.7. The topological polar surface area (TPSA) is 110 Å². The summed E-state index contributed by atoms with van der Waals surface area (Å²) in [5, 5.41) is 2.79. The van der Waals surface area contributed by atoms with Crippen LogP contribution in [0.3, 0.4) is 0 Å². The second-order valence-corrected chi connectivity index (χ2v) is 9.49. The zero-order chi connectivity index (χ0) is 24.2. The standard InChI is InChI=1S/C24H28N4O4S/c1-6-21(32-22-9-7-8-15(2)18(22)5)23(29)27-19-10-12-20(13-11-19)33(30,31)28-24-25-16(3)14-17(4)26-24/h7-14,21H,6H2,1-5H3,(H,27,29)(H,25,26,28)/t21-/m0/s1. The highest BCUT2D eigenvalue weighted by molar-refractivity contribution is 7.92. The number of anilines is 2. The van der Waals surface area contributed by atoms with Crippen LogP contribution in [-0.2, 0) is 14.8 Å². The molecule has 2 N–H and O–H groups in total. The van der Waals surface area contributed by atoms with Gasteiger partial charge in [0.1, 0.15) is 5.75 Å². The average molecular weight is 469 g/mol. The minimum Gasteiger partial charge on any atom is -0.480 e. The zero-order valence-corrected chi connectivity index (χ0v) is 20.2. The number of aryl methyl sites for hydroxylation is 3. The van der Waals surface area contributed by atoms with Gasteiger partial charge < -0.3 is 10.1 Å². The SMILES string of the molecule is CC[C@H](Oc1cccc(C)c1C)C(=O)Nc1ccc(S(=O)(=O)Nc2nc(C)cc(C)n2)cc1. The Labute approximate surface area is 194 Å². The van der Waals surface area contributed by atoms with Crippen LogP contribution in [0.1, 0.15) is 35.9 Å². The average Bonchev–Trinajstić information content (AvgIpc) is 2.74. The molecule has 33 heavy (non-hydrogen) atoms. The molecule has 0 unspecified atom stereocenters. The predicted molar refractivity (Wildman–Crippen MR) is 128 cm³/mol. The van der Waals surface area contributed by atoms with Crippen LogP contribution < -0.4 is 14.8 Å². The monoisotopic (exact) mass is 468 g/mol. The number of aromatic nitrogens is 2. The van der Waals surface area contributed by atoms with E-state index in [1.165, 1.54) is 24.3 Å². The van der Waals surface area contributed by atoms with Gasteiger partial charge in [0.05, 0.1) is 4.90 Å². The molecule has 8 nitrogen and oxygen atoms in total. The van der Waals surface area contributed by atoms with Crippen LogP contribution in [0.2, 0.25) is 0 Å². The van der Waals surface area contributed by atoms with Crippen LogP contribution in [0.4, 0.5) is 11.6 Å². The number of nitrogens with zero attached hydrogens (tertiary/aromatic N) is 2. The van der Waals surface area contributed by atoms with Crippen molar-refractivity contribution in [2.75, 3.05) is 10.0 Å². The number of carbonyl (C=O) groups excluding carboxylic acids is 1. The Hall–Kier alpha value is -3.46. The number of ether oxygens (including phenoxy) is 1. The van der Waals surface area contributed by atoms with E-state index in [1.807, 2.05) is 39.0 Å². The van der Waals surface area contributed by atoms with Gasteiger partial charge in [0.2, 0.25) is 5.95 Å². The summed E-state index contributed by atoms with van der Waals surface area (Å²) >= 11 is 0. The van der Waals surface area contributed by atoms with E-state index in [4.69, 9.17) is 4.74 Å². The molecule has 3 aromatic rings. The van der Waals surface area contributed by atoms with E-state index in [1.54, 1.807) is 19.9 Å². The van der Waals surface area contributed by atoms with Gasteiger partial charge in [-0.25, -0.2) is 23.1 Å². The fourth-order valence-electron chi connectivity index (χ4n) is 3.22. The lowest BCUT2D eigenvalue weighted by Gasteiger charge is -2.19. The van der Waals surface area contributed by atoms with Gasteiger partial charge in [-0.05, 0) is 81.6 Å². The number of hydrogen-bond acceptors (Lipinski definition) is 6. The van der Waals surface area contributed by atoms with Gasteiger partial charge in [0.25, 0.3) is 15.9 Å². The van der Waals surface area contributed by atoms with Crippen molar-refractivity contribution in [2.45, 2.75) is 52.0 Å². The fourth-order valence-corrected chi connectivity index (χ4v) is 4.16. The van der Waals surface area contributed by atoms with Crippen LogP contribution in [0, 0.1) is 27.7 Å². The van der Waals surface area contributed by atoms with Crippen LogP contribution in [0.25, 0.3) is 0 Å². The van der Waals surface area contributed by atoms with E-state index >= 15 is 0 Å². The molecule has 0 saturated heterocycles. The Morgan fingerprint density at radius 2 is 1.64 bits per heavy atom. The van der Waals surface area contributed by atoms with Gasteiger partial charge in [-0.1, -0.05) is 19.1 Å². The van der Waals surface area contributed by atoms with Crippen molar-refractivity contribution >= 4 is 27.6 Å². The minimum atomic E-state index is -3.88. The number of benzene rings is 2. The van der Waals surface area contributed by atoms with Crippen molar-refractivity contribution in [1.82, 2.24) is 9.97 Å². The molecule has 0 bridgehead atoms. The van der Waals surface area contributed by atoms with E-state index in [-0.39, 0.29) is 16.8 Å². The van der Waals surface area contributed by atoms with Crippen molar-refractivity contribution in [3.05, 3.63) is 71.0 Å². The van der Waals surface area contributed by atoms with Crippen LogP contribution in [0.15, 0.2) is 53.4 Å². The first kappa shape index (κ1) is 24.2. The normalized spacial score (nSPS) is 12.2. The highest BCUT2D eigenvalue weighted by Gasteiger charge is 2.21. The Bertz CT molecular complexity index is 1240. The van der Waals surface area contributed by atoms with Gasteiger partial charge in [0, 0.05) is 17.1 Å². The molecule has 2 aromatic carbocycles. The van der Waals surface area contributed by atoms with Crippen molar-refractivity contribution in [3.63, 3.8) is 0 Å². The zero-order valence-electron chi connectivity index (χ0n) is 19.3. The summed E-state index contributed by atoms with van der Waals surface area (Å²) in [6.45, 7) is 9.33. The molecule has 3 rings (SSSR count). The van der Waals surface area contributed by atoms with Crippen molar-refractivity contribution in [3.8, 4) is 5.75 Å². The quantitative estimate of drug-likeness (QED) is 0.510. The number of sulfonamides is 1. The fraction of sp³-hybridized carbons (Fsp3) is 0.292. The molecule has 0 fully saturated rings. The number of nitrogens with one attached hydrogen (secondary N) is 2. The van der Waals surface area contributed by atoms with Gasteiger partial charge >= 0.3 is 0 Å². The van der Waals surface area contributed by atoms with Crippen LogP contribution in [-0.4, -0.2) is 30.4 Å². The third kappa shape index (κ3) is 6.07.